The summed E-state index contributed by atoms with van der Waals surface area (Å²) in [6, 6.07) is 15.1. The van der Waals surface area contributed by atoms with Crippen LogP contribution in [-0.4, -0.2) is 4.98 Å². The third-order valence-electron chi connectivity index (χ3n) is 3.52. The van der Waals surface area contributed by atoms with Crippen molar-refractivity contribution in [3.05, 3.63) is 64.1 Å². The number of benzene rings is 2. The van der Waals surface area contributed by atoms with Crippen molar-refractivity contribution in [2.75, 3.05) is 5.32 Å². The lowest BCUT2D eigenvalue weighted by Crippen LogP contribution is -1.91. The highest BCUT2D eigenvalue weighted by atomic mass is 35.5. The van der Waals surface area contributed by atoms with Gasteiger partial charge in [-0.05, 0) is 40.8 Å². The number of rotatable bonds is 2. The molecule has 1 aliphatic carbocycles. The van der Waals surface area contributed by atoms with Crippen LogP contribution in [0.2, 0.25) is 5.15 Å². The van der Waals surface area contributed by atoms with Gasteiger partial charge in [-0.3, -0.25) is 0 Å². The molecule has 2 nitrogen and oxygen atoms in total. The van der Waals surface area contributed by atoms with Crippen molar-refractivity contribution in [1.29, 1.82) is 0 Å². The predicted molar refractivity (Wildman–Crippen MR) is 85.1 cm³/mol. The van der Waals surface area contributed by atoms with Crippen molar-refractivity contribution in [1.82, 2.24) is 4.98 Å². The van der Waals surface area contributed by atoms with Crippen LogP contribution in [0.4, 0.5) is 10.8 Å². The zero-order valence-electron chi connectivity index (χ0n) is 10.6. The molecule has 1 N–H and O–H groups in total. The minimum atomic E-state index is 0.533. The predicted octanol–water partition coefficient (Wildman–Crippen LogP) is 5.11. The van der Waals surface area contributed by atoms with Crippen LogP contribution in [0.5, 0.6) is 0 Å². The first kappa shape index (κ1) is 11.9. The first-order valence-electron chi connectivity index (χ1n) is 6.39. The fraction of sp³-hybridized carbons (Fsp3) is 0.0625. The Hall–Kier alpha value is -1.84. The molecule has 3 aromatic rings. The van der Waals surface area contributed by atoms with E-state index in [-0.39, 0.29) is 0 Å². The summed E-state index contributed by atoms with van der Waals surface area (Å²) in [6.45, 7) is 0. The van der Waals surface area contributed by atoms with Crippen LogP contribution < -0.4 is 5.32 Å². The summed E-state index contributed by atoms with van der Waals surface area (Å²) >= 11 is 7.35. The third kappa shape index (κ3) is 1.99. The van der Waals surface area contributed by atoms with Crippen LogP contribution in [0.1, 0.15) is 11.1 Å². The van der Waals surface area contributed by atoms with E-state index in [1.807, 2.05) is 5.38 Å². The van der Waals surface area contributed by atoms with E-state index in [2.05, 4.69) is 52.8 Å². The van der Waals surface area contributed by atoms with Crippen LogP contribution >= 0.6 is 22.9 Å². The monoisotopic (exact) mass is 298 g/mol. The highest BCUT2D eigenvalue weighted by Crippen LogP contribution is 2.38. The Labute approximate surface area is 126 Å². The van der Waals surface area contributed by atoms with E-state index < -0.39 is 0 Å². The van der Waals surface area contributed by atoms with E-state index in [0.29, 0.717) is 5.15 Å². The van der Waals surface area contributed by atoms with Gasteiger partial charge in [0, 0.05) is 11.1 Å². The summed E-state index contributed by atoms with van der Waals surface area (Å²) in [4.78, 5) is 4.21. The largest absolute Gasteiger partial charge is 0.332 e. The lowest BCUT2D eigenvalue weighted by atomic mass is 10.1. The molecule has 0 radical (unpaired) electrons. The summed E-state index contributed by atoms with van der Waals surface area (Å²) < 4.78 is 0. The molecule has 0 atom stereocenters. The molecule has 1 aromatic heterocycles. The van der Waals surface area contributed by atoms with Gasteiger partial charge in [0.15, 0.2) is 5.13 Å². The lowest BCUT2D eigenvalue weighted by molar-refractivity contribution is 1.26. The summed E-state index contributed by atoms with van der Waals surface area (Å²) in [5, 5.41) is 6.49. The van der Waals surface area contributed by atoms with Crippen LogP contribution in [0.3, 0.4) is 0 Å². The number of hydrogen-bond acceptors (Lipinski definition) is 3. The molecule has 4 heteroatoms. The van der Waals surface area contributed by atoms with E-state index in [1.54, 1.807) is 0 Å². The smallest absolute Gasteiger partial charge is 0.188 e. The molecule has 20 heavy (non-hydrogen) atoms. The number of thiazole rings is 1. The fourth-order valence-electron chi connectivity index (χ4n) is 2.66. The first-order chi connectivity index (χ1) is 9.79. The van der Waals surface area contributed by atoms with Gasteiger partial charge in [0.1, 0.15) is 5.15 Å². The van der Waals surface area contributed by atoms with Crippen molar-refractivity contribution >= 4 is 33.8 Å². The van der Waals surface area contributed by atoms with Gasteiger partial charge in [0.2, 0.25) is 0 Å². The maximum absolute atomic E-state index is 5.84. The lowest BCUT2D eigenvalue weighted by Gasteiger charge is -2.06. The Balaban J connectivity index is 1.68. The minimum absolute atomic E-state index is 0.533. The van der Waals surface area contributed by atoms with Gasteiger partial charge in [0.25, 0.3) is 0 Å². The molecule has 0 fully saturated rings. The van der Waals surface area contributed by atoms with Gasteiger partial charge in [-0.2, -0.15) is 0 Å². The molecule has 2 aromatic carbocycles. The van der Waals surface area contributed by atoms with E-state index in [4.69, 9.17) is 11.6 Å². The highest BCUT2D eigenvalue weighted by Gasteiger charge is 2.17. The average molecular weight is 299 g/mol. The second-order valence-corrected chi connectivity index (χ2v) is 6.05. The fourth-order valence-corrected chi connectivity index (χ4v) is 3.52. The van der Waals surface area contributed by atoms with Crippen molar-refractivity contribution in [3.63, 3.8) is 0 Å². The SMILES string of the molecule is Clc1csc(Nc2ccc3c(c2)Cc2ccccc2-3)n1. The molecule has 0 saturated carbocycles. The molecule has 98 valence electrons. The Morgan fingerprint density at radius 3 is 2.75 bits per heavy atom. The van der Waals surface area contributed by atoms with Crippen LogP contribution in [0, 0.1) is 0 Å². The first-order valence-corrected chi connectivity index (χ1v) is 7.64. The zero-order chi connectivity index (χ0) is 13.5. The van der Waals surface area contributed by atoms with Crippen molar-refractivity contribution in [3.8, 4) is 11.1 Å². The summed E-state index contributed by atoms with van der Waals surface area (Å²) in [5.41, 5.74) is 6.51. The topological polar surface area (TPSA) is 24.9 Å². The van der Waals surface area contributed by atoms with Gasteiger partial charge in [0.05, 0.1) is 0 Å². The summed E-state index contributed by atoms with van der Waals surface area (Å²) in [5.74, 6) is 0. The van der Waals surface area contributed by atoms with E-state index in [1.165, 1.54) is 33.6 Å². The number of nitrogens with zero attached hydrogens (tertiary/aromatic N) is 1. The Bertz CT molecular complexity index is 795. The van der Waals surface area contributed by atoms with Crippen molar-refractivity contribution < 1.29 is 0 Å². The van der Waals surface area contributed by atoms with Gasteiger partial charge < -0.3 is 5.32 Å². The van der Waals surface area contributed by atoms with Crippen LogP contribution in [0.15, 0.2) is 47.8 Å². The number of anilines is 2. The Morgan fingerprint density at radius 1 is 1.05 bits per heavy atom. The summed E-state index contributed by atoms with van der Waals surface area (Å²) in [6.07, 6.45) is 1.000. The Morgan fingerprint density at radius 2 is 1.90 bits per heavy atom. The van der Waals surface area contributed by atoms with Gasteiger partial charge in [-0.15, -0.1) is 11.3 Å². The molecule has 1 heterocycles. The molecule has 4 rings (SSSR count). The van der Waals surface area contributed by atoms with E-state index in [9.17, 15) is 0 Å². The molecule has 0 bridgehead atoms. The van der Waals surface area contributed by atoms with Crippen molar-refractivity contribution in [2.24, 2.45) is 0 Å². The number of aromatic nitrogens is 1. The van der Waals surface area contributed by atoms with Crippen LogP contribution in [0.25, 0.3) is 11.1 Å². The standard InChI is InChI=1S/C16H11ClN2S/c17-15-9-20-16(19-15)18-12-5-6-14-11(8-12)7-10-3-1-2-4-13(10)14/h1-6,8-9H,7H2,(H,18,19). The van der Waals surface area contributed by atoms with Gasteiger partial charge >= 0.3 is 0 Å². The molecule has 0 unspecified atom stereocenters. The maximum atomic E-state index is 5.84. The minimum Gasteiger partial charge on any atom is -0.332 e. The second-order valence-electron chi connectivity index (χ2n) is 4.81. The number of nitrogens with one attached hydrogen (secondary N) is 1. The highest BCUT2D eigenvalue weighted by molar-refractivity contribution is 7.14. The van der Waals surface area contributed by atoms with E-state index in [0.717, 1.165) is 17.2 Å². The van der Waals surface area contributed by atoms with Crippen molar-refractivity contribution in [2.45, 2.75) is 6.42 Å². The molecular formula is C16H11ClN2S. The average Bonchev–Trinajstić information content (AvgIpc) is 3.01. The molecular weight excluding hydrogens is 288 g/mol. The maximum Gasteiger partial charge on any atom is 0.188 e. The number of halogens is 1. The number of hydrogen-bond donors (Lipinski definition) is 1. The molecule has 0 spiro atoms. The quantitative estimate of drug-likeness (QED) is 0.556. The molecule has 0 aliphatic heterocycles. The molecule has 1 aliphatic rings. The molecule has 0 saturated heterocycles. The normalized spacial score (nSPS) is 12.1. The zero-order valence-corrected chi connectivity index (χ0v) is 12.1. The van der Waals surface area contributed by atoms with E-state index >= 15 is 0 Å². The van der Waals surface area contributed by atoms with Gasteiger partial charge in [-0.1, -0.05) is 41.9 Å². The Kier molecular flexibility index (Phi) is 2.76. The molecule has 0 amide bonds. The third-order valence-corrected chi connectivity index (χ3v) is 4.60. The summed E-state index contributed by atoms with van der Waals surface area (Å²) in [7, 11) is 0. The van der Waals surface area contributed by atoms with Gasteiger partial charge in [-0.25, -0.2) is 4.98 Å². The van der Waals surface area contributed by atoms with Crippen LogP contribution in [-0.2, 0) is 6.42 Å². The number of fused-ring (bicyclic) bond motifs is 3. The second kappa shape index (κ2) is 4.62.